The van der Waals surface area contributed by atoms with Crippen molar-refractivity contribution in [3.8, 4) is 0 Å². The molecule has 0 aromatic carbocycles. The molecule has 0 atom stereocenters. The molecule has 2 rings (SSSR count). The summed E-state index contributed by atoms with van der Waals surface area (Å²) >= 11 is 0. The predicted octanol–water partition coefficient (Wildman–Crippen LogP) is 2.15. The molecular formula is C14H15N3O. The Bertz CT molecular complexity index is 575. The largest absolute Gasteiger partial charge is 0.331 e. The summed E-state index contributed by atoms with van der Waals surface area (Å²) in [7, 11) is 0. The second-order valence-electron chi connectivity index (χ2n) is 3.93. The molecule has 4 nitrogen and oxygen atoms in total. The van der Waals surface area contributed by atoms with Gasteiger partial charge in [0.05, 0.1) is 18.0 Å². The highest BCUT2D eigenvalue weighted by molar-refractivity contribution is 5.95. The van der Waals surface area contributed by atoms with Crippen LogP contribution < -0.4 is 0 Å². The summed E-state index contributed by atoms with van der Waals surface area (Å²) in [5, 5.41) is 0. The number of imidazole rings is 1. The Morgan fingerprint density at radius 3 is 2.78 bits per heavy atom. The molecule has 0 N–H and O–H groups in total. The van der Waals surface area contributed by atoms with Gasteiger partial charge in [0.15, 0.2) is 0 Å². The number of nitrogens with zero attached hydrogens (tertiary/aromatic N) is 3. The summed E-state index contributed by atoms with van der Waals surface area (Å²) in [5.74, 6) is -0.0292. The molecule has 0 unspecified atom stereocenters. The molecule has 2 heterocycles. The fourth-order valence-corrected chi connectivity index (χ4v) is 1.79. The van der Waals surface area contributed by atoms with Gasteiger partial charge in [0.2, 0.25) is 0 Å². The molecule has 18 heavy (non-hydrogen) atoms. The van der Waals surface area contributed by atoms with Crippen LogP contribution in [0.3, 0.4) is 0 Å². The Kier molecular flexibility index (Phi) is 3.57. The van der Waals surface area contributed by atoms with E-state index in [2.05, 4.69) is 18.1 Å². The van der Waals surface area contributed by atoms with Crippen molar-refractivity contribution in [1.82, 2.24) is 14.3 Å². The summed E-state index contributed by atoms with van der Waals surface area (Å²) in [4.78, 5) is 18.0. The third-order valence-electron chi connectivity index (χ3n) is 2.65. The van der Waals surface area contributed by atoms with Gasteiger partial charge in [-0.25, -0.2) is 4.98 Å². The van der Waals surface area contributed by atoms with Crippen molar-refractivity contribution in [2.75, 3.05) is 13.1 Å². The lowest BCUT2D eigenvalue weighted by Crippen LogP contribution is -2.31. The lowest BCUT2D eigenvalue weighted by atomic mass is 10.2. The molecule has 0 radical (unpaired) electrons. The van der Waals surface area contributed by atoms with Gasteiger partial charge in [-0.2, -0.15) is 0 Å². The van der Waals surface area contributed by atoms with Gasteiger partial charge in [0.25, 0.3) is 5.91 Å². The summed E-state index contributed by atoms with van der Waals surface area (Å²) < 4.78 is 1.86. The zero-order valence-electron chi connectivity index (χ0n) is 10.1. The van der Waals surface area contributed by atoms with E-state index in [0.717, 1.165) is 5.52 Å². The summed E-state index contributed by atoms with van der Waals surface area (Å²) in [6.07, 6.45) is 8.67. The van der Waals surface area contributed by atoms with Crippen molar-refractivity contribution in [2.45, 2.75) is 0 Å². The molecule has 0 spiro atoms. The van der Waals surface area contributed by atoms with Crippen LogP contribution in [0.2, 0.25) is 0 Å². The maximum absolute atomic E-state index is 12.3. The molecule has 0 fully saturated rings. The minimum atomic E-state index is -0.0292. The Morgan fingerprint density at radius 2 is 2.11 bits per heavy atom. The normalized spacial score (nSPS) is 10.2. The number of hydrogen-bond donors (Lipinski definition) is 0. The van der Waals surface area contributed by atoms with E-state index in [4.69, 9.17) is 0 Å². The minimum absolute atomic E-state index is 0.0292. The van der Waals surface area contributed by atoms with Crippen LogP contribution in [0, 0.1) is 0 Å². The second kappa shape index (κ2) is 5.31. The Labute approximate surface area is 106 Å². The fraction of sp³-hybridized carbons (Fsp3) is 0.143. The van der Waals surface area contributed by atoms with Crippen LogP contribution in [-0.4, -0.2) is 33.3 Å². The quantitative estimate of drug-likeness (QED) is 0.752. The first-order valence-corrected chi connectivity index (χ1v) is 5.69. The lowest BCUT2D eigenvalue weighted by molar-refractivity contribution is 0.0791. The molecule has 0 saturated carbocycles. The highest BCUT2D eigenvalue weighted by Crippen LogP contribution is 2.09. The fourth-order valence-electron chi connectivity index (χ4n) is 1.79. The van der Waals surface area contributed by atoms with Crippen molar-refractivity contribution >= 4 is 11.4 Å². The SMILES string of the molecule is C=CCN(CC=C)C(=O)c1ccn2cncc2c1. The minimum Gasteiger partial charge on any atom is -0.331 e. The average molecular weight is 241 g/mol. The van der Waals surface area contributed by atoms with Crippen LogP contribution in [0.4, 0.5) is 0 Å². The third kappa shape index (κ3) is 2.32. The van der Waals surface area contributed by atoms with E-state index in [1.165, 1.54) is 0 Å². The van der Waals surface area contributed by atoms with Crippen molar-refractivity contribution in [3.05, 3.63) is 61.7 Å². The molecule has 0 aliphatic carbocycles. The molecule has 0 saturated heterocycles. The zero-order valence-corrected chi connectivity index (χ0v) is 10.1. The van der Waals surface area contributed by atoms with Gasteiger partial charge in [-0.3, -0.25) is 4.79 Å². The molecule has 1 amide bonds. The van der Waals surface area contributed by atoms with E-state index in [0.29, 0.717) is 18.7 Å². The van der Waals surface area contributed by atoms with Crippen LogP contribution >= 0.6 is 0 Å². The Hall–Kier alpha value is -2.36. The molecule has 92 valence electrons. The van der Waals surface area contributed by atoms with Crippen molar-refractivity contribution in [2.24, 2.45) is 0 Å². The van der Waals surface area contributed by atoms with Crippen LogP contribution in [0.15, 0.2) is 56.2 Å². The smallest absolute Gasteiger partial charge is 0.254 e. The number of carbonyl (C=O) groups excluding carboxylic acids is 1. The molecule has 2 aromatic heterocycles. The van der Waals surface area contributed by atoms with E-state index in [9.17, 15) is 4.79 Å². The van der Waals surface area contributed by atoms with Gasteiger partial charge in [-0.1, -0.05) is 12.2 Å². The van der Waals surface area contributed by atoms with Gasteiger partial charge >= 0.3 is 0 Å². The highest BCUT2D eigenvalue weighted by Gasteiger charge is 2.13. The molecule has 0 bridgehead atoms. The second-order valence-corrected chi connectivity index (χ2v) is 3.93. The Balaban J connectivity index is 2.29. The van der Waals surface area contributed by atoms with E-state index in [1.807, 2.05) is 16.7 Å². The first kappa shape index (κ1) is 12.1. The molecule has 0 aliphatic rings. The number of carbonyl (C=O) groups is 1. The van der Waals surface area contributed by atoms with Crippen molar-refractivity contribution in [3.63, 3.8) is 0 Å². The lowest BCUT2D eigenvalue weighted by Gasteiger charge is -2.19. The standard InChI is InChI=1S/C14H15N3O/c1-3-6-16(7-4-2)14(18)12-5-8-17-11-15-10-13(17)9-12/h3-5,8-11H,1-2,6-7H2. The molecular weight excluding hydrogens is 226 g/mol. The zero-order chi connectivity index (χ0) is 13.0. The summed E-state index contributed by atoms with van der Waals surface area (Å²) in [6.45, 7) is 8.33. The first-order chi connectivity index (χ1) is 8.76. The van der Waals surface area contributed by atoms with E-state index >= 15 is 0 Å². The van der Waals surface area contributed by atoms with E-state index < -0.39 is 0 Å². The number of pyridine rings is 1. The third-order valence-corrected chi connectivity index (χ3v) is 2.65. The van der Waals surface area contributed by atoms with Crippen LogP contribution in [0.25, 0.3) is 5.52 Å². The van der Waals surface area contributed by atoms with E-state index in [1.54, 1.807) is 35.6 Å². The number of aromatic nitrogens is 2. The van der Waals surface area contributed by atoms with Gasteiger partial charge in [-0.15, -0.1) is 13.2 Å². The predicted molar refractivity (Wildman–Crippen MR) is 71.5 cm³/mol. The maximum Gasteiger partial charge on any atom is 0.254 e. The number of rotatable bonds is 5. The number of hydrogen-bond acceptors (Lipinski definition) is 2. The summed E-state index contributed by atoms with van der Waals surface area (Å²) in [5.41, 5.74) is 1.55. The van der Waals surface area contributed by atoms with E-state index in [-0.39, 0.29) is 5.91 Å². The average Bonchev–Trinajstić information content (AvgIpc) is 2.84. The monoisotopic (exact) mass is 241 g/mol. The summed E-state index contributed by atoms with van der Waals surface area (Å²) in [6, 6.07) is 3.62. The Morgan fingerprint density at radius 1 is 1.39 bits per heavy atom. The molecule has 4 heteroatoms. The van der Waals surface area contributed by atoms with Crippen molar-refractivity contribution in [1.29, 1.82) is 0 Å². The van der Waals surface area contributed by atoms with Crippen LogP contribution in [0.1, 0.15) is 10.4 Å². The topological polar surface area (TPSA) is 37.6 Å². The molecule has 2 aromatic rings. The van der Waals surface area contributed by atoms with Gasteiger partial charge < -0.3 is 9.30 Å². The van der Waals surface area contributed by atoms with Gasteiger partial charge in [-0.05, 0) is 12.1 Å². The van der Waals surface area contributed by atoms with Gasteiger partial charge in [0, 0.05) is 24.8 Å². The van der Waals surface area contributed by atoms with Gasteiger partial charge in [0.1, 0.15) is 0 Å². The van der Waals surface area contributed by atoms with Crippen molar-refractivity contribution < 1.29 is 4.79 Å². The molecule has 0 aliphatic heterocycles. The number of amides is 1. The first-order valence-electron chi connectivity index (χ1n) is 5.69. The maximum atomic E-state index is 12.3. The van der Waals surface area contributed by atoms with Crippen LogP contribution in [0.5, 0.6) is 0 Å². The van der Waals surface area contributed by atoms with Crippen LogP contribution in [-0.2, 0) is 0 Å². The number of fused-ring (bicyclic) bond motifs is 1. The highest BCUT2D eigenvalue weighted by atomic mass is 16.2.